The summed E-state index contributed by atoms with van der Waals surface area (Å²) < 4.78 is 23.4. The Labute approximate surface area is 180 Å². The van der Waals surface area contributed by atoms with Crippen LogP contribution in [0.25, 0.3) is 6.08 Å². The van der Waals surface area contributed by atoms with Gasteiger partial charge in [0.05, 0.1) is 16.4 Å². The van der Waals surface area contributed by atoms with Crippen LogP contribution in [-0.4, -0.2) is 65.9 Å². The van der Waals surface area contributed by atoms with E-state index in [0.717, 1.165) is 22.2 Å². The molecule has 1 atom stereocenters. The van der Waals surface area contributed by atoms with Crippen molar-refractivity contribution in [1.29, 1.82) is 0 Å². The first-order chi connectivity index (χ1) is 14.3. The van der Waals surface area contributed by atoms with Gasteiger partial charge in [0.15, 0.2) is 9.84 Å². The van der Waals surface area contributed by atoms with Crippen molar-refractivity contribution in [3.05, 3.63) is 53.0 Å². The average Bonchev–Trinajstić information content (AvgIpc) is 3.20. The number of hydrogen-bond donors (Lipinski definition) is 0. The summed E-state index contributed by atoms with van der Waals surface area (Å²) in [5, 5.41) is -0.404. The second-order valence-electron chi connectivity index (χ2n) is 7.11. The highest BCUT2D eigenvalue weighted by atomic mass is 32.2. The first kappa shape index (κ1) is 22.3. The molecule has 2 fully saturated rings. The van der Waals surface area contributed by atoms with E-state index in [1.807, 2.05) is 36.4 Å². The normalized spacial score (nSPS) is 22.4. The maximum atomic E-state index is 12.6. The largest absolute Gasteiger partial charge is 0.339 e. The Bertz CT molecular complexity index is 986. The summed E-state index contributed by atoms with van der Waals surface area (Å²) in [6.45, 7) is 2.18. The third-order valence-corrected chi connectivity index (χ3v) is 7.74. The van der Waals surface area contributed by atoms with E-state index in [9.17, 15) is 22.8 Å². The zero-order valence-electron chi connectivity index (χ0n) is 16.7. The highest BCUT2D eigenvalue weighted by molar-refractivity contribution is 8.18. The summed E-state index contributed by atoms with van der Waals surface area (Å²) in [5.74, 6) is -0.593. The van der Waals surface area contributed by atoms with Gasteiger partial charge in [-0.3, -0.25) is 19.3 Å². The molecule has 2 heterocycles. The number of allylic oxidation sites excluding steroid dienone is 2. The lowest BCUT2D eigenvalue weighted by atomic mass is 10.2. The molecule has 2 aliphatic rings. The molecule has 160 valence electrons. The first-order valence-corrected chi connectivity index (χ1v) is 12.4. The fourth-order valence-electron chi connectivity index (χ4n) is 3.53. The molecule has 0 unspecified atom stereocenters. The Morgan fingerprint density at radius 1 is 1.27 bits per heavy atom. The molecule has 0 spiro atoms. The number of carbonyl (C=O) groups excluding carboxylic acids is 3. The Hall–Kier alpha value is -2.39. The first-order valence-electron chi connectivity index (χ1n) is 9.77. The van der Waals surface area contributed by atoms with Gasteiger partial charge >= 0.3 is 0 Å². The van der Waals surface area contributed by atoms with Crippen LogP contribution in [0.4, 0.5) is 4.79 Å². The van der Waals surface area contributed by atoms with Crippen molar-refractivity contribution in [2.75, 3.05) is 24.6 Å². The van der Waals surface area contributed by atoms with Crippen molar-refractivity contribution in [3.8, 4) is 0 Å². The van der Waals surface area contributed by atoms with E-state index in [2.05, 4.69) is 0 Å². The van der Waals surface area contributed by atoms with Crippen molar-refractivity contribution in [2.45, 2.75) is 25.8 Å². The Morgan fingerprint density at radius 2 is 2.00 bits per heavy atom. The standard InChI is InChI=1S/C21H24N2O5S2/c1-2-22(17-12-14-30(27,28)15-17)19(24)11-13-23-20(25)18(29-21(23)26)10-6-9-16-7-4-3-5-8-16/h3-10,17H,2,11-15H2,1H3/b9-6+,18-10-/t17-/m0/s1. The number of rotatable bonds is 7. The van der Waals surface area contributed by atoms with E-state index in [1.165, 1.54) is 0 Å². The zero-order valence-corrected chi connectivity index (χ0v) is 18.3. The molecule has 0 aliphatic carbocycles. The molecular weight excluding hydrogens is 424 g/mol. The molecule has 0 bridgehead atoms. The van der Waals surface area contributed by atoms with E-state index in [4.69, 9.17) is 0 Å². The third-order valence-electron chi connectivity index (χ3n) is 5.07. The minimum atomic E-state index is -3.10. The monoisotopic (exact) mass is 448 g/mol. The number of nitrogens with zero attached hydrogens (tertiary/aromatic N) is 2. The SMILES string of the molecule is CCN(C(=O)CCN1C(=O)S/C(=C\C=C\c2ccccc2)C1=O)[C@H]1CCS(=O)(=O)C1. The summed E-state index contributed by atoms with van der Waals surface area (Å²) in [7, 11) is -3.10. The van der Waals surface area contributed by atoms with Gasteiger partial charge in [-0.2, -0.15) is 0 Å². The zero-order chi connectivity index (χ0) is 21.7. The summed E-state index contributed by atoms with van der Waals surface area (Å²) in [6.07, 6.45) is 5.57. The minimum Gasteiger partial charge on any atom is -0.339 e. The molecule has 1 aromatic rings. The lowest BCUT2D eigenvalue weighted by molar-refractivity contribution is -0.133. The molecule has 1 aromatic carbocycles. The summed E-state index contributed by atoms with van der Waals surface area (Å²) in [5.41, 5.74) is 0.979. The van der Waals surface area contributed by atoms with Crippen molar-refractivity contribution < 1.29 is 22.8 Å². The van der Waals surface area contributed by atoms with Crippen LogP contribution < -0.4 is 0 Å². The average molecular weight is 449 g/mol. The second-order valence-corrected chi connectivity index (χ2v) is 10.3. The number of imide groups is 1. The predicted octanol–water partition coefficient (Wildman–Crippen LogP) is 2.70. The van der Waals surface area contributed by atoms with Gasteiger partial charge in [-0.25, -0.2) is 8.42 Å². The smallest absolute Gasteiger partial charge is 0.293 e. The molecule has 2 aliphatic heterocycles. The highest BCUT2D eigenvalue weighted by Gasteiger charge is 2.37. The lowest BCUT2D eigenvalue weighted by Gasteiger charge is -2.27. The van der Waals surface area contributed by atoms with Gasteiger partial charge < -0.3 is 4.90 Å². The topological polar surface area (TPSA) is 91.8 Å². The van der Waals surface area contributed by atoms with Crippen LogP contribution in [0, 0.1) is 0 Å². The predicted molar refractivity (Wildman–Crippen MR) is 117 cm³/mol. The number of carbonyl (C=O) groups is 3. The van der Waals surface area contributed by atoms with E-state index in [-0.39, 0.29) is 36.4 Å². The van der Waals surface area contributed by atoms with E-state index in [0.29, 0.717) is 17.9 Å². The highest BCUT2D eigenvalue weighted by Crippen LogP contribution is 2.31. The molecule has 0 radical (unpaired) electrons. The third kappa shape index (κ3) is 5.40. The summed E-state index contributed by atoms with van der Waals surface area (Å²) in [6, 6.07) is 9.25. The molecule has 3 amide bonds. The quantitative estimate of drug-likeness (QED) is 0.596. The fraction of sp³-hybridized carbons (Fsp3) is 0.381. The van der Waals surface area contributed by atoms with Crippen LogP contribution in [0.1, 0.15) is 25.3 Å². The van der Waals surface area contributed by atoms with Gasteiger partial charge in [-0.1, -0.05) is 42.5 Å². The fourth-order valence-corrected chi connectivity index (χ4v) is 6.08. The van der Waals surface area contributed by atoms with Crippen LogP contribution in [0.2, 0.25) is 0 Å². The molecule has 9 heteroatoms. The van der Waals surface area contributed by atoms with Gasteiger partial charge in [0.1, 0.15) is 0 Å². The van der Waals surface area contributed by atoms with Crippen LogP contribution in [0.5, 0.6) is 0 Å². The maximum absolute atomic E-state index is 12.6. The maximum Gasteiger partial charge on any atom is 0.293 e. The van der Waals surface area contributed by atoms with Gasteiger partial charge in [0, 0.05) is 25.6 Å². The number of hydrogen-bond acceptors (Lipinski definition) is 6. The van der Waals surface area contributed by atoms with Crippen LogP contribution >= 0.6 is 11.8 Å². The van der Waals surface area contributed by atoms with Crippen molar-refractivity contribution in [1.82, 2.24) is 9.80 Å². The van der Waals surface area contributed by atoms with Gasteiger partial charge in [0.2, 0.25) is 5.91 Å². The molecule has 0 saturated carbocycles. The molecular formula is C21H24N2O5S2. The Kier molecular flexibility index (Phi) is 7.14. The van der Waals surface area contributed by atoms with Gasteiger partial charge in [0.25, 0.3) is 11.1 Å². The number of amides is 3. The van der Waals surface area contributed by atoms with E-state index in [1.54, 1.807) is 24.0 Å². The number of thioether (sulfide) groups is 1. The van der Waals surface area contributed by atoms with Gasteiger partial charge in [-0.15, -0.1) is 0 Å². The Balaban J connectivity index is 1.58. The van der Waals surface area contributed by atoms with Crippen LogP contribution in [-0.2, 0) is 19.4 Å². The summed E-state index contributed by atoms with van der Waals surface area (Å²) in [4.78, 5) is 40.3. The number of sulfone groups is 1. The molecule has 30 heavy (non-hydrogen) atoms. The van der Waals surface area contributed by atoms with E-state index < -0.39 is 21.0 Å². The lowest BCUT2D eigenvalue weighted by Crippen LogP contribution is -2.42. The molecule has 3 rings (SSSR count). The van der Waals surface area contributed by atoms with Crippen LogP contribution in [0.15, 0.2) is 47.4 Å². The molecule has 0 N–H and O–H groups in total. The van der Waals surface area contributed by atoms with Crippen LogP contribution in [0.3, 0.4) is 0 Å². The number of benzene rings is 1. The van der Waals surface area contributed by atoms with Crippen molar-refractivity contribution in [3.63, 3.8) is 0 Å². The Morgan fingerprint density at radius 3 is 2.63 bits per heavy atom. The molecule has 7 nitrogen and oxygen atoms in total. The van der Waals surface area contributed by atoms with Crippen molar-refractivity contribution >= 4 is 44.7 Å². The van der Waals surface area contributed by atoms with Gasteiger partial charge in [-0.05, 0) is 36.7 Å². The van der Waals surface area contributed by atoms with E-state index >= 15 is 0 Å². The summed E-state index contributed by atoms with van der Waals surface area (Å²) >= 11 is 0.851. The molecule has 2 saturated heterocycles. The van der Waals surface area contributed by atoms with Crippen molar-refractivity contribution in [2.24, 2.45) is 0 Å². The second kappa shape index (κ2) is 9.61. The minimum absolute atomic E-state index is 0.0147. The molecule has 0 aromatic heterocycles.